The molecule has 120 valence electrons. The van der Waals surface area contributed by atoms with E-state index in [0.29, 0.717) is 11.7 Å². The van der Waals surface area contributed by atoms with E-state index in [-0.39, 0.29) is 5.92 Å². The number of rotatable bonds is 3. The zero-order chi connectivity index (χ0) is 15.5. The molecular weight excluding hydrogens is 272 g/mol. The van der Waals surface area contributed by atoms with Gasteiger partial charge in [0.25, 0.3) is 0 Å². The zero-order valence-electron chi connectivity index (χ0n) is 14.0. The van der Waals surface area contributed by atoms with Crippen molar-refractivity contribution < 1.29 is 9.53 Å². The second-order valence-electron chi connectivity index (χ2n) is 7.21. The van der Waals surface area contributed by atoms with Crippen molar-refractivity contribution in [3.05, 3.63) is 28.8 Å². The molecule has 1 aliphatic heterocycles. The lowest BCUT2D eigenvalue weighted by Gasteiger charge is -2.22. The summed E-state index contributed by atoms with van der Waals surface area (Å²) in [7, 11) is 0. The fourth-order valence-corrected chi connectivity index (χ4v) is 3.84. The summed E-state index contributed by atoms with van der Waals surface area (Å²) >= 11 is 0. The van der Waals surface area contributed by atoms with Crippen LogP contribution in [0.5, 0.6) is 5.75 Å². The van der Waals surface area contributed by atoms with Crippen LogP contribution in [0.15, 0.2) is 12.1 Å². The highest BCUT2D eigenvalue weighted by Gasteiger charge is 2.25. The van der Waals surface area contributed by atoms with E-state index in [1.54, 1.807) is 0 Å². The third-order valence-electron chi connectivity index (χ3n) is 5.16. The van der Waals surface area contributed by atoms with Crippen LogP contribution in [0.4, 0.5) is 0 Å². The van der Waals surface area contributed by atoms with Gasteiger partial charge in [-0.1, -0.05) is 33.1 Å². The number of ketones is 1. The largest absolute Gasteiger partial charge is 0.493 e. The van der Waals surface area contributed by atoms with Gasteiger partial charge in [-0.3, -0.25) is 4.79 Å². The summed E-state index contributed by atoms with van der Waals surface area (Å²) in [5.74, 6) is 2.07. The Bertz CT molecular complexity index is 539. The standard InChI is InChI=1S/C20H28O2/c1-14(2)18-13-17(19(21)15-8-4-3-5-9-15)12-16-10-6-7-11-22-20(16)18/h12-15H,3-11H2,1-2H3. The highest BCUT2D eigenvalue weighted by atomic mass is 16.5. The molecule has 2 aliphatic rings. The molecule has 0 saturated heterocycles. The maximum atomic E-state index is 12.9. The molecule has 0 amide bonds. The number of carbonyl (C=O) groups is 1. The van der Waals surface area contributed by atoms with E-state index in [0.717, 1.165) is 50.0 Å². The van der Waals surface area contributed by atoms with Gasteiger partial charge in [0, 0.05) is 11.5 Å². The highest BCUT2D eigenvalue weighted by molar-refractivity contribution is 5.98. The summed E-state index contributed by atoms with van der Waals surface area (Å²) in [4.78, 5) is 12.9. The molecule has 2 nitrogen and oxygen atoms in total. The van der Waals surface area contributed by atoms with E-state index >= 15 is 0 Å². The van der Waals surface area contributed by atoms with Gasteiger partial charge in [-0.2, -0.15) is 0 Å². The minimum absolute atomic E-state index is 0.249. The number of Topliss-reactive ketones (excluding diaryl/α,β-unsaturated/α-hetero) is 1. The van der Waals surface area contributed by atoms with Crippen molar-refractivity contribution in [2.75, 3.05) is 6.61 Å². The van der Waals surface area contributed by atoms with Gasteiger partial charge >= 0.3 is 0 Å². The van der Waals surface area contributed by atoms with Gasteiger partial charge in [-0.25, -0.2) is 0 Å². The third kappa shape index (κ3) is 3.21. The first kappa shape index (κ1) is 15.6. The number of fused-ring (bicyclic) bond motifs is 1. The van der Waals surface area contributed by atoms with Crippen LogP contribution in [0.1, 0.15) is 86.2 Å². The molecule has 0 spiro atoms. The van der Waals surface area contributed by atoms with E-state index in [9.17, 15) is 4.79 Å². The Kier molecular flexibility index (Phi) is 4.85. The van der Waals surface area contributed by atoms with Crippen molar-refractivity contribution in [1.82, 2.24) is 0 Å². The van der Waals surface area contributed by atoms with Gasteiger partial charge < -0.3 is 4.74 Å². The molecule has 1 aromatic rings. The van der Waals surface area contributed by atoms with Crippen molar-refractivity contribution in [2.24, 2.45) is 5.92 Å². The van der Waals surface area contributed by atoms with Crippen molar-refractivity contribution in [2.45, 2.75) is 71.1 Å². The Labute approximate surface area is 134 Å². The van der Waals surface area contributed by atoms with Crippen LogP contribution in [0.3, 0.4) is 0 Å². The molecule has 0 bridgehead atoms. The Hall–Kier alpha value is -1.31. The van der Waals surface area contributed by atoms with E-state index in [1.807, 2.05) is 0 Å². The topological polar surface area (TPSA) is 26.3 Å². The molecule has 1 fully saturated rings. The van der Waals surface area contributed by atoms with Crippen LogP contribution in [0.2, 0.25) is 0 Å². The number of benzene rings is 1. The molecule has 1 heterocycles. The molecular formula is C20H28O2. The number of hydrogen-bond acceptors (Lipinski definition) is 2. The molecule has 1 aliphatic carbocycles. The monoisotopic (exact) mass is 300 g/mol. The zero-order valence-corrected chi connectivity index (χ0v) is 14.0. The minimum atomic E-state index is 0.249. The SMILES string of the molecule is CC(C)c1cc(C(=O)C2CCCCC2)cc2c1OCCCC2. The summed E-state index contributed by atoms with van der Waals surface area (Å²) in [6.07, 6.45) is 9.17. The van der Waals surface area contributed by atoms with Crippen LogP contribution in [0, 0.1) is 5.92 Å². The van der Waals surface area contributed by atoms with Gasteiger partial charge in [0.2, 0.25) is 0 Å². The summed E-state index contributed by atoms with van der Waals surface area (Å²) in [5.41, 5.74) is 3.40. The summed E-state index contributed by atoms with van der Waals surface area (Å²) in [6, 6.07) is 4.25. The second-order valence-corrected chi connectivity index (χ2v) is 7.21. The molecule has 1 saturated carbocycles. The molecule has 0 atom stereocenters. The average molecular weight is 300 g/mol. The summed E-state index contributed by atoms with van der Waals surface area (Å²) in [6.45, 7) is 5.19. The smallest absolute Gasteiger partial charge is 0.165 e. The number of hydrogen-bond donors (Lipinski definition) is 0. The first-order chi connectivity index (χ1) is 10.7. The average Bonchev–Trinajstić information content (AvgIpc) is 2.79. The van der Waals surface area contributed by atoms with Crippen molar-refractivity contribution in [3.63, 3.8) is 0 Å². The fraction of sp³-hybridized carbons (Fsp3) is 0.650. The molecule has 0 radical (unpaired) electrons. The maximum Gasteiger partial charge on any atom is 0.165 e. The van der Waals surface area contributed by atoms with E-state index < -0.39 is 0 Å². The third-order valence-corrected chi connectivity index (χ3v) is 5.16. The molecule has 0 N–H and O–H groups in total. The van der Waals surface area contributed by atoms with Gasteiger partial charge in [-0.05, 0) is 61.3 Å². The fourth-order valence-electron chi connectivity index (χ4n) is 3.84. The summed E-state index contributed by atoms with van der Waals surface area (Å²) < 4.78 is 6.01. The Morgan fingerprint density at radius 1 is 1.09 bits per heavy atom. The quantitative estimate of drug-likeness (QED) is 0.709. The van der Waals surface area contributed by atoms with Crippen molar-refractivity contribution >= 4 is 5.78 Å². The molecule has 3 rings (SSSR count). The normalized spacial score (nSPS) is 19.4. The Morgan fingerprint density at radius 3 is 2.59 bits per heavy atom. The van der Waals surface area contributed by atoms with E-state index in [2.05, 4.69) is 26.0 Å². The van der Waals surface area contributed by atoms with Crippen LogP contribution in [0.25, 0.3) is 0 Å². The molecule has 1 aromatic carbocycles. The second kappa shape index (κ2) is 6.85. The Balaban J connectivity index is 1.95. The minimum Gasteiger partial charge on any atom is -0.493 e. The predicted octanol–water partition coefficient (Wildman–Crippen LogP) is 5.29. The van der Waals surface area contributed by atoms with Crippen LogP contribution < -0.4 is 4.74 Å². The number of ether oxygens (including phenoxy) is 1. The lowest BCUT2D eigenvalue weighted by molar-refractivity contribution is 0.0889. The van der Waals surface area contributed by atoms with Crippen molar-refractivity contribution in [1.29, 1.82) is 0 Å². The van der Waals surface area contributed by atoms with E-state index in [1.165, 1.54) is 30.4 Å². The first-order valence-electron chi connectivity index (χ1n) is 9.00. The van der Waals surface area contributed by atoms with E-state index in [4.69, 9.17) is 4.74 Å². The lowest BCUT2D eigenvalue weighted by Crippen LogP contribution is -2.18. The molecule has 22 heavy (non-hydrogen) atoms. The highest BCUT2D eigenvalue weighted by Crippen LogP contribution is 2.36. The van der Waals surface area contributed by atoms with Gasteiger partial charge in [0.05, 0.1) is 6.61 Å². The van der Waals surface area contributed by atoms with Crippen LogP contribution in [-0.2, 0) is 6.42 Å². The molecule has 2 heteroatoms. The maximum absolute atomic E-state index is 12.9. The van der Waals surface area contributed by atoms with Gasteiger partial charge in [0.15, 0.2) is 5.78 Å². The molecule has 0 unspecified atom stereocenters. The Morgan fingerprint density at radius 2 is 1.86 bits per heavy atom. The molecule has 0 aromatic heterocycles. The van der Waals surface area contributed by atoms with Crippen LogP contribution >= 0.6 is 0 Å². The number of aryl methyl sites for hydroxylation is 1. The number of carbonyl (C=O) groups excluding carboxylic acids is 1. The van der Waals surface area contributed by atoms with Crippen molar-refractivity contribution in [3.8, 4) is 5.75 Å². The van der Waals surface area contributed by atoms with Gasteiger partial charge in [-0.15, -0.1) is 0 Å². The summed E-state index contributed by atoms with van der Waals surface area (Å²) in [5, 5.41) is 0. The van der Waals surface area contributed by atoms with Gasteiger partial charge in [0.1, 0.15) is 5.75 Å². The first-order valence-corrected chi connectivity index (χ1v) is 9.00. The van der Waals surface area contributed by atoms with Crippen LogP contribution in [-0.4, -0.2) is 12.4 Å². The predicted molar refractivity (Wildman–Crippen MR) is 89.9 cm³/mol. The lowest BCUT2D eigenvalue weighted by atomic mass is 9.82.